The van der Waals surface area contributed by atoms with Crippen molar-refractivity contribution in [3.8, 4) is 0 Å². The predicted octanol–water partition coefficient (Wildman–Crippen LogP) is 2.71. The van der Waals surface area contributed by atoms with Gasteiger partial charge in [0.25, 0.3) is 0 Å². The molecule has 0 unspecified atom stereocenters. The van der Waals surface area contributed by atoms with E-state index >= 15 is 0 Å². The van der Waals surface area contributed by atoms with Crippen molar-refractivity contribution < 1.29 is 4.74 Å². The molecule has 1 heterocycles. The number of hydrogen-bond acceptors (Lipinski definition) is 3. The summed E-state index contributed by atoms with van der Waals surface area (Å²) in [5.41, 5.74) is 2.13. The molecule has 6 nitrogen and oxygen atoms in total. The fourth-order valence-corrected chi connectivity index (χ4v) is 2.33. The number of H-pyrrole nitrogens is 1. The fraction of sp³-hybridized carbons (Fsp3) is 0.529. The fourth-order valence-electron chi connectivity index (χ4n) is 2.33. The molecule has 2 aromatic rings. The number of ether oxygens (including phenoxy) is 1. The van der Waals surface area contributed by atoms with Crippen LogP contribution in [0.2, 0.25) is 0 Å². The topological polar surface area (TPSA) is 74.3 Å². The number of para-hydroxylation sites is 2. The summed E-state index contributed by atoms with van der Waals surface area (Å²) in [6.45, 7) is 5.29. The van der Waals surface area contributed by atoms with Crippen molar-refractivity contribution in [1.82, 2.24) is 20.6 Å². The monoisotopic (exact) mass is 445 g/mol. The Morgan fingerprint density at radius 3 is 2.67 bits per heavy atom. The SMILES string of the molecule is CCOCCCNC(=NC)NCCCc1nc2ccccc2[nH]1.I. The van der Waals surface area contributed by atoms with Gasteiger partial charge >= 0.3 is 0 Å². The Morgan fingerprint density at radius 2 is 1.96 bits per heavy atom. The summed E-state index contributed by atoms with van der Waals surface area (Å²) in [5.74, 6) is 1.87. The van der Waals surface area contributed by atoms with E-state index in [9.17, 15) is 0 Å². The number of aliphatic imine (C=N–C) groups is 1. The highest BCUT2D eigenvalue weighted by Crippen LogP contribution is 2.10. The second-order valence-electron chi connectivity index (χ2n) is 5.28. The first-order valence-corrected chi connectivity index (χ1v) is 8.29. The minimum atomic E-state index is 0. The number of imidazole rings is 1. The van der Waals surface area contributed by atoms with Gasteiger partial charge in [-0.15, -0.1) is 24.0 Å². The van der Waals surface area contributed by atoms with Crippen molar-refractivity contribution >= 4 is 41.0 Å². The van der Waals surface area contributed by atoms with Gasteiger partial charge in [0, 0.05) is 39.8 Å². The summed E-state index contributed by atoms with van der Waals surface area (Å²) in [6, 6.07) is 8.11. The number of nitrogens with one attached hydrogen (secondary N) is 3. The Labute approximate surface area is 160 Å². The lowest BCUT2D eigenvalue weighted by molar-refractivity contribution is 0.145. The lowest BCUT2D eigenvalue weighted by atomic mass is 10.3. The van der Waals surface area contributed by atoms with Crippen LogP contribution >= 0.6 is 24.0 Å². The Hall–Kier alpha value is -1.35. The van der Waals surface area contributed by atoms with Gasteiger partial charge in [0.15, 0.2) is 5.96 Å². The Balaban J connectivity index is 0.00000288. The average Bonchev–Trinajstić information content (AvgIpc) is 2.99. The second kappa shape index (κ2) is 12.1. The number of nitrogens with zero attached hydrogens (tertiary/aromatic N) is 2. The number of halogens is 1. The Bertz CT molecular complexity index is 581. The number of aryl methyl sites for hydroxylation is 1. The van der Waals surface area contributed by atoms with E-state index in [1.165, 1.54) is 0 Å². The van der Waals surface area contributed by atoms with E-state index in [1.54, 1.807) is 7.05 Å². The molecule has 0 aliphatic heterocycles. The first-order valence-electron chi connectivity index (χ1n) is 8.29. The number of fused-ring (bicyclic) bond motifs is 1. The standard InChI is InChI=1S/C17H27N5O.HI/c1-3-23-13-7-12-20-17(18-2)19-11-6-10-16-21-14-8-4-5-9-15(14)22-16;/h4-5,8-9H,3,6-7,10-13H2,1-2H3,(H,21,22)(H2,18,19,20);1H. The molecule has 0 radical (unpaired) electrons. The van der Waals surface area contributed by atoms with E-state index in [0.29, 0.717) is 0 Å². The van der Waals surface area contributed by atoms with Gasteiger partial charge in [-0.05, 0) is 31.9 Å². The molecule has 0 saturated carbocycles. The molecular weight excluding hydrogens is 417 g/mol. The van der Waals surface area contributed by atoms with Crippen LogP contribution in [0.5, 0.6) is 0 Å². The highest BCUT2D eigenvalue weighted by atomic mass is 127. The van der Waals surface area contributed by atoms with Crippen LogP contribution < -0.4 is 10.6 Å². The molecule has 0 atom stereocenters. The summed E-state index contributed by atoms with van der Waals surface area (Å²) < 4.78 is 5.31. The van der Waals surface area contributed by atoms with Crippen molar-refractivity contribution in [1.29, 1.82) is 0 Å². The van der Waals surface area contributed by atoms with Crippen LogP contribution in [0.25, 0.3) is 11.0 Å². The maximum atomic E-state index is 5.31. The van der Waals surface area contributed by atoms with E-state index in [1.807, 2.05) is 25.1 Å². The second-order valence-corrected chi connectivity index (χ2v) is 5.28. The molecule has 1 aromatic heterocycles. The van der Waals surface area contributed by atoms with Crippen molar-refractivity contribution in [3.63, 3.8) is 0 Å². The van der Waals surface area contributed by atoms with Crippen molar-refractivity contribution in [2.24, 2.45) is 4.99 Å². The van der Waals surface area contributed by atoms with Gasteiger partial charge in [-0.1, -0.05) is 12.1 Å². The predicted molar refractivity (Wildman–Crippen MR) is 110 cm³/mol. The lowest BCUT2D eigenvalue weighted by Crippen LogP contribution is -2.38. The molecule has 7 heteroatoms. The van der Waals surface area contributed by atoms with Crippen LogP contribution in [0.3, 0.4) is 0 Å². The van der Waals surface area contributed by atoms with Crippen LogP contribution in [-0.2, 0) is 11.2 Å². The first-order chi connectivity index (χ1) is 11.3. The summed E-state index contributed by atoms with van der Waals surface area (Å²) in [6.07, 6.45) is 2.90. The number of guanidine groups is 1. The highest BCUT2D eigenvalue weighted by molar-refractivity contribution is 14.0. The third-order valence-electron chi connectivity index (χ3n) is 3.51. The largest absolute Gasteiger partial charge is 0.382 e. The third kappa shape index (κ3) is 7.04. The zero-order valence-corrected chi connectivity index (χ0v) is 16.8. The molecule has 0 spiro atoms. The van der Waals surface area contributed by atoms with Gasteiger partial charge in [0.05, 0.1) is 11.0 Å². The summed E-state index contributed by atoms with van der Waals surface area (Å²) in [4.78, 5) is 12.2. The molecule has 3 N–H and O–H groups in total. The van der Waals surface area contributed by atoms with Gasteiger partial charge in [0.2, 0.25) is 0 Å². The zero-order chi connectivity index (χ0) is 16.3. The first kappa shape index (κ1) is 20.7. The van der Waals surface area contributed by atoms with Gasteiger partial charge in [-0.25, -0.2) is 4.98 Å². The number of rotatable bonds is 9. The van der Waals surface area contributed by atoms with Gasteiger partial charge in [-0.2, -0.15) is 0 Å². The molecule has 2 rings (SSSR count). The smallest absolute Gasteiger partial charge is 0.190 e. The van der Waals surface area contributed by atoms with Crippen molar-refractivity contribution in [2.75, 3.05) is 33.4 Å². The summed E-state index contributed by atoms with van der Waals surface area (Å²) in [5, 5.41) is 6.60. The third-order valence-corrected chi connectivity index (χ3v) is 3.51. The van der Waals surface area contributed by atoms with Crippen LogP contribution in [0.4, 0.5) is 0 Å². The van der Waals surface area contributed by atoms with Gasteiger partial charge < -0.3 is 20.4 Å². The molecular formula is C17H28IN5O. The number of aromatic amines is 1. The minimum Gasteiger partial charge on any atom is -0.382 e. The Kier molecular flexibility index (Phi) is 10.4. The number of aromatic nitrogens is 2. The number of benzene rings is 1. The van der Waals surface area contributed by atoms with Crippen LogP contribution in [0, 0.1) is 0 Å². The van der Waals surface area contributed by atoms with Crippen molar-refractivity contribution in [3.05, 3.63) is 30.1 Å². The molecule has 0 saturated heterocycles. The highest BCUT2D eigenvalue weighted by Gasteiger charge is 2.02. The minimum absolute atomic E-state index is 0. The zero-order valence-electron chi connectivity index (χ0n) is 14.5. The van der Waals surface area contributed by atoms with Gasteiger partial charge in [0.1, 0.15) is 5.82 Å². The van der Waals surface area contributed by atoms with Gasteiger partial charge in [-0.3, -0.25) is 4.99 Å². The van der Waals surface area contributed by atoms with E-state index < -0.39 is 0 Å². The molecule has 0 bridgehead atoms. The van der Waals surface area contributed by atoms with Crippen LogP contribution in [-0.4, -0.2) is 49.3 Å². The maximum absolute atomic E-state index is 5.31. The molecule has 0 amide bonds. The molecule has 24 heavy (non-hydrogen) atoms. The quantitative estimate of drug-likeness (QED) is 0.240. The normalized spacial score (nSPS) is 11.3. The molecule has 0 aliphatic rings. The molecule has 134 valence electrons. The van der Waals surface area contributed by atoms with E-state index in [4.69, 9.17) is 4.74 Å². The maximum Gasteiger partial charge on any atom is 0.190 e. The average molecular weight is 445 g/mol. The lowest BCUT2D eigenvalue weighted by Gasteiger charge is -2.11. The van der Waals surface area contributed by atoms with Crippen LogP contribution in [0.1, 0.15) is 25.6 Å². The van der Waals surface area contributed by atoms with E-state index in [2.05, 4.69) is 31.7 Å². The van der Waals surface area contributed by atoms with E-state index in [0.717, 1.165) is 68.4 Å². The number of hydrogen-bond donors (Lipinski definition) is 3. The van der Waals surface area contributed by atoms with Crippen LogP contribution in [0.15, 0.2) is 29.3 Å². The van der Waals surface area contributed by atoms with Crippen molar-refractivity contribution in [2.45, 2.75) is 26.2 Å². The molecule has 0 fully saturated rings. The molecule has 0 aliphatic carbocycles. The van der Waals surface area contributed by atoms with E-state index in [-0.39, 0.29) is 24.0 Å². The summed E-state index contributed by atoms with van der Waals surface area (Å²) in [7, 11) is 1.79. The summed E-state index contributed by atoms with van der Waals surface area (Å²) >= 11 is 0. The molecule has 1 aromatic carbocycles. The Morgan fingerprint density at radius 1 is 1.21 bits per heavy atom.